The summed E-state index contributed by atoms with van der Waals surface area (Å²) < 4.78 is 0. The second-order valence-electron chi connectivity index (χ2n) is 3.61. The van der Waals surface area contributed by atoms with E-state index in [0.29, 0.717) is 5.92 Å². The van der Waals surface area contributed by atoms with Crippen molar-refractivity contribution in [2.24, 2.45) is 0 Å². The van der Waals surface area contributed by atoms with E-state index in [1.165, 1.54) is 36.9 Å². The predicted molar refractivity (Wildman–Crippen MR) is 58.3 cm³/mol. The summed E-state index contributed by atoms with van der Waals surface area (Å²) in [5, 5.41) is 1.09. The van der Waals surface area contributed by atoms with Gasteiger partial charge >= 0.3 is 0 Å². The summed E-state index contributed by atoms with van der Waals surface area (Å²) in [6.07, 6.45) is 7.02. The number of pyridine rings is 1. The quantitative estimate of drug-likeness (QED) is 0.723. The van der Waals surface area contributed by atoms with Gasteiger partial charge in [0, 0.05) is 23.1 Å². The molecule has 0 bridgehead atoms. The molecule has 1 unspecified atom stereocenters. The summed E-state index contributed by atoms with van der Waals surface area (Å²) in [6, 6.07) is 4.28. The number of hydrogen-bond donors (Lipinski definition) is 0. The van der Waals surface area contributed by atoms with E-state index in [1.807, 2.05) is 6.20 Å². The number of hydrogen-bond acceptors (Lipinski definition) is 1. The van der Waals surface area contributed by atoms with Gasteiger partial charge < -0.3 is 0 Å². The van der Waals surface area contributed by atoms with Crippen LogP contribution in [-0.4, -0.2) is 10.3 Å². The first-order valence-electron chi connectivity index (χ1n) is 4.91. The predicted octanol–water partition coefficient (Wildman–Crippen LogP) is 3.29. The number of aryl methyl sites for hydroxylation is 1. The van der Waals surface area contributed by atoms with E-state index in [9.17, 15) is 0 Å². The molecule has 1 aromatic rings. The molecule has 13 heavy (non-hydrogen) atoms. The summed E-state index contributed by atoms with van der Waals surface area (Å²) in [4.78, 5) is 4.50. The molecule has 2 rings (SSSR count). The number of nitrogens with zero attached hydrogens (tertiary/aromatic N) is 1. The van der Waals surface area contributed by atoms with Crippen molar-refractivity contribution in [3.05, 3.63) is 29.6 Å². The normalized spacial score (nSPS) is 21.2. The maximum atomic E-state index is 4.50. The van der Waals surface area contributed by atoms with Crippen LogP contribution in [0.2, 0.25) is 0 Å². The molecule has 1 heterocycles. The van der Waals surface area contributed by atoms with Crippen LogP contribution in [0.4, 0.5) is 0 Å². The van der Waals surface area contributed by atoms with E-state index >= 15 is 0 Å². The van der Waals surface area contributed by atoms with Crippen molar-refractivity contribution in [3.8, 4) is 0 Å². The fourth-order valence-corrected chi connectivity index (χ4v) is 2.67. The lowest BCUT2D eigenvalue weighted by Crippen LogP contribution is -2.11. The molecular weight excluding hydrogens is 226 g/mol. The van der Waals surface area contributed by atoms with E-state index in [4.69, 9.17) is 0 Å². The molecule has 2 heteroatoms. The van der Waals surface area contributed by atoms with E-state index in [2.05, 4.69) is 33.0 Å². The number of fused-ring (bicyclic) bond motifs is 1. The van der Waals surface area contributed by atoms with E-state index in [-0.39, 0.29) is 0 Å². The maximum Gasteiger partial charge on any atom is 0.0466 e. The van der Waals surface area contributed by atoms with E-state index in [0.717, 1.165) is 5.33 Å². The molecule has 0 aromatic carbocycles. The first kappa shape index (κ1) is 9.20. The van der Waals surface area contributed by atoms with Crippen molar-refractivity contribution in [1.82, 2.24) is 4.98 Å². The molecule has 0 N–H and O–H groups in total. The van der Waals surface area contributed by atoms with Crippen molar-refractivity contribution < 1.29 is 0 Å². The van der Waals surface area contributed by atoms with E-state index in [1.54, 1.807) is 0 Å². The van der Waals surface area contributed by atoms with Gasteiger partial charge in [-0.25, -0.2) is 0 Å². The van der Waals surface area contributed by atoms with Crippen molar-refractivity contribution in [3.63, 3.8) is 0 Å². The third kappa shape index (κ3) is 1.93. The molecule has 1 nitrogen and oxygen atoms in total. The van der Waals surface area contributed by atoms with E-state index < -0.39 is 0 Å². The Morgan fingerprint density at radius 2 is 2.46 bits per heavy atom. The van der Waals surface area contributed by atoms with Gasteiger partial charge in [-0.15, -0.1) is 0 Å². The monoisotopic (exact) mass is 239 g/mol. The number of halogens is 1. The van der Waals surface area contributed by atoms with Crippen LogP contribution >= 0.6 is 15.9 Å². The molecule has 0 aliphatic heterocycles. The molecule has 1 aromatic heterocycles. The van der Waals surface area contributed by atoms with Crippen LogP contribution < -0.4 is 0 Å². The van der Waals surface area contributed by atoms with Gasteiger partial charge in [-0.2, -0.15) is 0 Å². The molecule has 1 aliphatic rings. The summed E-state index contributed by atoms with van der Waals surface area (Å²) in [5.74, 6) is 0.698. The average molecular weight is 240 g/mol. The Balaban J connectivity index is 2.26. The second-order valence-corrected chi connectivity index (χ2v) is 4.41. The van der Waals surface area contributed by atoms with Crippen molar-refractivity contribution in [2.75, 3.05) is 5.33 Å². The Morgan fingerprint density at radius 1 is 1.54 bits per heavy atom. The number of alkyl halides is 1. The SMILES string of the molecule is BrCCC1CCCc2cccnc21. The molecule has 1 aliphatic carbocycles. The highest BCUT2D eigenvalue weighted by molar-refractivity contribution is 9.09. The largest absolute Gasteiger partial charge is 0.261 e. The molecule has 0 radical (unpaired) electrons. The highest BCUT2D eigenvalue weighted by Crippen LogP contribution is 2.32. The molecule has 0 saturated carbocycles. The summed E-state index contributed by atoms with van der Waals surface area (Å²) in [5.41, 5.74) is 2.83. The summed E-state index contributed by atoms with van der Waals surface area (Å²) in [6.45, 7) is 0. The van der Waals surface area contributed by atoms with Gasteiger partial charge in [-0.05, 0) is 37.3 Å². The molecule has 0 saturated heterocycles. The fraction of sp³-hybridized carbons (Fsp3) is 0.545. The zero-order chi connectivity index (χ0) is 9.10. The first-order chi connectivity index (χ1) is 6.42. The Morgan fingerprint density at radius 3 is 3.31 bits per heavy atom. The van der Waals surface area contributed by atoms with Gasteiger partial charge in [0.2, 0.25) is 0 Å². The fourth-order valence-electron chi connectivity index (χ4n) is 2.12. The van der Waals surface area contributed by atoms with Crippen LogP contribution in [0.5, 0.6) is 0 Å². The van der Waals surface area contributed by atoms with Crippen LogP contribution in [-0.2, 0) is 6.42 Å². The average Bonchev–Trinajstić information content (AvgIpc) is 2.19. The summed E-state index contributed by atoms with van der Waals surface area (Å²) in [7, 11) is 0. The lowest BCUT2D eigenvalue weighted by Gasteiger charge is -2.23. The minimum atomic E-state index is 0.698. The van der Waals surface area contributed by atoms with Crippen molar-refractivity contribution in [2.45, 2.75) is 31.6 Å². The van der Waals surface area contributed by atoms with Crippen LogP contribution in [0.15, 0.2) is 18.3 Å². The molecule has 0 amide bonds. The van der Waals surface area contributed by atoms with Crippen LogP contribution in [0.3, 0.4) is 0 Å². The van der Waals surface area contributed by atoms with Crippen LogP contribution in [0.1, 0.15) is 36.4 Å². The minimum Gasteiger partial charge on any atom is -0.261 e. The number of rotatable bonds is 2. The minimum absolute atomic E-state index is 0.698. The Kier molecular flexibility index (Phi) is 2.99. The molecular formula is C11H14BrN. The van der Waals surface area contributed by atoms with Gasteiger partial charge in [0.15, 0.2) is 0 Å². The van der Waals surface area contributed by atoms with Crippen molar-refractivity contribution >= 4 is 15.9 Å². The zero-order valence-electron chi connectivity index (χ0n) is 7.67. The topological polar surface area (TPSA) is 12.9 Å². The highest BCUT2D eigenvalue weighted by Gasteiger charge is 2.19. The highest BCUT2D eigenvalue weighted by atomic mass is 79.9. The zero-order valence-corrected chi connectivity index (χ0v) is 9.26. The Hall–Kier alpha value is -0.370. The molecule has 1 atom stereocenters. The lowest BCUT2D eigenvalue weighted by molar-refractivity contribution is 0.529. The van der Waals surface area contributed by atoms with Crippen LogP contribution in [0, 0.1) is 0 Å². The summed E-state index contributed by atoms with van der Waals surface area (Å²) >= 11 is 3.51. The smallest absolute Gasteiger partial charge is 0.0466 e. The van der Waals surface area contributed by atoms with Crippen molar-refractivity contribution in [1.29, 1.82) is 0 Å². The molecule has 0 fully saturated rings. The second kappa shape index (κ2) is 4.23. The van der Waals surface area contributed by atoms with Gasteiger partial charge in [0.1, 0.15) is 0 Å². The maximum absolute atomic E-state index is 4.50. The van der Waals surface area contributed by atoms with Crippen LogP contribution in [0.25, 0.3) is 0 Å². The van der Waals surface area contributed by atoms with Gasteiger partial charge in [0.05, 0.1) is 0 Å². The lowest BCUT2D eigenvalue weighted by atomic mass is 9.85. The Bertz CT molecular complexity index is 285. The third-order valence-corrected chi connectivity index (χ3v) is 3.23. The molecule has 0 spiro atoms. The third-order valence-electron chi connectivity index (χ3n) is 2.77. The van der Waals surface area contributed by atoms with Gasteiger partial charge in [-0.1, -0.05) is 22.0 Å². The van der Waals surface area contributed by atoms with Gasteiger partial charge in [-0.3, -0.25) is 4.98 Å². The Labute approximate surface area is 87.7 Å². The molecule has 70 valence electrons. The first-order valence-corrected chi connectivity index (χ1v) is 6.03. The number of aromatic nitrogens is 1. The van der Waals surface area contributed by atoms with Gasteiger partial charge in [0.25, 0.3) is 0 Å². The standard InChI is InChI=1S/C11H14BrN/c12-7-6-10-4-1-3-9-5-2-8-13-11(9)10/h2,5,8,10H,1,3-4,6-7H2.